The molecular weight excluding hydrogens is 400 g/mol. The number of sulfonamides is 1. The lowest BCUT2D eigenvalue weighted by Gasteiger charge is -2.24. The van der Waals surface area contributed by atoms with Crippen molar-refractivity contribution >= 4 is 21.6 Å². The van der Waals surface area contributed by atoms with Crippen LogP contribution < -0.4 is 10.0 Å². The molecule has 3 aromatic rings. The Balaban J connectivity index is 1.47. The van der Waals surface area contributed by atoms with Crippen LogP contribution in [-0.4, -0.2) is 30.4 Å². The molecule has 1 aromatic heterocycles. The normalized spacial score (nSPS) is 16.0. The van der Waals surface area contributed by atoms with Gasteiger partial charge in [0.2, 0.25) is 10.0 Å². The minimum atomic E-state index is -3.35. The number of nitrogens with zero attached hydrogens (tertiary/aromatic N) is 2. The van der Waals surface area contributed by atoms with E-state index in [0.29, 0.717) is 17.8 Å². The monoisotopic (exact) mass is 424 g/mol. The summed E-state index contributed by atoms with van der Waals surface area (Å²) in [5.41, 5.74) is 4.34. The highest BCUT2D eigenvalue weighted by atomic mass is 32.2. The second-order valence-corrected chi connectivity index (χ2v) is 9.31. The van der Waals surface area contributed by atoms with Crippen molar-refractivity contribution in [2.75, 3.05) is 11.0 Å². The Bertz CT molecular complexity index is 1140. The van der Waals surface area contributed by atoms with Crippen LogP contribution in [0.3, 0.4) is 0 Å². The lowest BCUT2D eigenvalue weighted by molar-refractivity contribution is 0.0932. The number of carbonyl (C=O) groups is 1. The molecule has 2 N–H and O–H groups in total. The van der Waals surface area contributed by atoms with Gasteiger partial charge < -0.3 is 5.32 Å². The van der Waals surface area contributed by atoms with E-state index in [0.717, 1.165) is 31.1 Å². The zero-order valence-electron chi connectivity index (χ0n) is 16.7. The van der Waals surface area contributed by atoms with E-state index in [2.05, 4.69) is 27.3 Å². The van der Waals surface area contributed by atoms with Crippen molar-refractivity contribution in [3.05, 3.63) is 83.2 Å². The lowest BCUT2D eigenvalue weighted by atomic mass is 9.92. The second kappa shape index (κ2) is 8.31. The maximum atomic E-state index is 12.7. The van der Waals surface area contributed by atoms with Crippen LogP contribution in [0.2, 0.25) is 0 Å². The van der Waals surface area contributed by atoms with Crippen molar-refractivity contribution in [3.63, 3.8) is 0 Å². The highest BCUT2D eigenvalue weighted by molar-refractivity contribution is 7.92. The minimum Gasteiger partial charge on any atom is -0.345 e. The van der Waals surface area contributed by atoms with Gasteiger partial charge in [-0.1, -0.05) is 30.3 Å². The van der Waals surface area contributed by atoms with Crippen molar-refractivity contribution in [1.82, 2.24) is 15.1 Å². The molecule has 0 bridgehead atoms. The van der Waals surface area contributed by atoms with Crippen LogP contribution in [-0.2, 0) is 23.0 Å². The summed E-state index contributed by atoms with van der Waals surface area (Å²) in [5, 5.41) is 7.67. The molecule has 30 heavy (non-hydrogen) atoms. The quantitative estimate of drug-likeness (QED) is 0.636. The smallest absolute Gasteiger partial charge is 0.251 e. The van der Waals surface area contributed by atoms with Crippen molar-refractivity contribution in [1.29, 1.82) is 0 Å². The van der Waals surface area contributed by atoms with E-state index in [9.17, 15) is 13.2 Å². The number of anilines is 1. The van der Waals surface area contributed by atoms with Gasteiger partial charge in [0.15, 0.2) is 0 Å². The summed E-state index contributed by atoms with van der Waals surface area (Å²) < 4.78 is 27.1. The van der Waals surface area contributed by atoms with Crippen molar-refractivity contribution in [3.8, 4) is 0 Å². The third kappa shape index (κ3) is 4.71. The lowest BCUT2D eigenvalue weighted by Crippen LogP contribution is -2.31. The molecule has 0 aliphatic heterocycles. The number of aromatic nitrogens is 2. The molecule has 1 atom stereocenters. The van der Waals surface area contributed by atoms with Crippen molar-refractivity contribution < 1.29 is 13.2 Å². The maximum absolute atomic E-state index is 12.7. The average molecular weight is 425 g/mol. The van der Waals surface area contributed by atoms with Gasteiger partial charge in [0.1, 0.15) is 0 Å². The summed E-state index contributed by atoms with van der Waals surface area (Å²) in [6.07, 6.45) is 5.74. The Morgan fingerprint density at radius 3 is 2.57 bits per heavy atom. The molecule has 0 spiro atoms. The molecule has 156 valence electrons. The van der Waals surface area contributed by atoms with Gasteiger partial charge in [-0.3, -0.25) is 14.2 Å². The van der Waals surface area contributed by atoms with Gasteiger partial charge in [0.25, 0.3) is 5.91 Å². The number of hydrogen-bond acceptors (Lipinski definition) is 4. The van der Waals surface area contributed by atoms with Gasteiger partial charge in [-0.25, -0.2) is 8.42 Å². The predicted octanol–water partition coefficient (Wildman–Crippen LogP) is 3.11. The molecule has 2 aromatic carbocycles. The van der Waals surface area contributed by atoms with Gasteiger partial charge in [-0.15, -0.1) is 0 Å². The molecule has 1 aliphatic carbocycles. The van der Waals surface area contributed by atoms with Crippen LogP contribution in [0.5, 0.6) is 0 Å². The predicted molar refractivity (Wildman–Crippen MR) is 116 cm³/mol. The number of benzene rings is 2. The summed E-state index contributed by atoms with van der Waals surface area (Å²) in [6.45, 7) is 0.714. The van der Waals surface area contributed by atoms with E-state index in [1.165, 1.54) is 11.3 Å². The highest BCUT2D eigenvalue weighted by Crippen LogP contribution is 2.30. The first-order valence-corrected chi connectivity index (χ1v) is 11.8. The van der Waals surface area contributed by atoms with Crippen molar-refractivity contribution in [2.24, 2.45) is 0 Å². The maximum Gasteiger partial charge on any atom is 0.251 e. The third-order valence-corrected chi connectivity index (χ3v) is 5.80. The first kappa shape index (κ1) is 20.2. The van der Waals surface area contributed by atoms with E-state index in [1.54, 1.807) is 24.3 Å². The fraction of sp³-hybridized carbons (Fsp3) is 0.273. The Labute approximate surface area is 176 Å². The molecule has 0 saturated heterocycles. The van der Waals surface area contributed by atoms with Crippen LogP contribution in [0.4, 0.5) is 5.69 Å². The first-order valence-electron chi connectivity index (χ1n) is 9.86. The molecule has 0 unspecified atom stereocenters. The Kier molecular flexibility index (Phi) is 5.59. The van der Waals surface area contributed by atoms with E-state index < -0.39 is 10.0 Å². The van der Waals surface area contributed by atoms with E-state index in [1.807, 2.05) is 29.1 Å². The third-order valence-electron chi connectivity index (χ3n) is 5.19. The number of fused-ring (bicyclic) bond motifs is 1. The van der Waals surface area contributed by atoms with Crippen LogP contribution >= 0.6 is 0 Å². The topological polar surface area (TPSA) is 93.1 Å². The van der Waals surface area contributed by atoms with Gasteiger partial charge in [0, 0.05) is 22.5 Å². The Morgan fingerprint density at radius 2 is 1.87 bits per heavy atom. The zero-order valence-corrected chi connectivity index (χ0v) is 17.5. The molecule has 7 nitrogen and oxygen atoms in total. The highest BCUT2D eigenvalue weighted by Gasteiger charge is 2.26. The van der Waals surface area contributed by atoms with E-state index >= 15 is 0 Å². The summed E-state index contributed by atoms with van der Waals surface area (Å²) >= 11 is 0. The number of amides is 1. The SMILES string of the molecule is CS(=O)(=O)Nc1ccc(C(=O)N[C@H]2CCCc3c2cnn3Cc2ccccc2)cc1. The van der Waals surface area contributed by atoms with Crippen LogP contribution in [0.15, 0.2) is 60.8 Å². The number of nitrogens with one attached hydrogen (secondary N) is 2. The number of hydrogen-bond donors (Lipinski definition) is 2. The Hall–Kier alpha value is -3.13. The minimum absolute atomic E-state index is 0.0837. The molecule has 1 heterocycles. The van der Waals surface area contributed by atoms with Crippen LogP contribution in [0.25, 0.3) is 0 Å². The molecule has 8 heteroatoms. The molecule has 4 rings (SSSR count). The molecule has 0 radical (unpaired) electrons. The van der Waals surface area contributed by atoms with E-state index in [-0.39, 0.29) is 11.9 Å². The average Bonchev–Trinajstić information content (AvgIpc) is 3.12. The van der Waals surface area contributed by atoms with Gasteiger partial charge in [-0.2, -0.15) is 5.10 Å². The summed E-state index contributed by atoms with van der Waals surface area (Å²) in [7, 11) is -3.35. The molecule has 1 aliphatic rings. The number of carbonyl (C=O) groups excluding carboxylic acids is 1. The zero-order chi connectivity index (χ0) is 21.1. The molecule has 0 saturated carbocycles. The van der Waals surface area contributed by atoms with Crippen LogP contribution in [0, 0.1) is 0 Å². The fourth-order valence-electron chi connectivity index (χ4n) is 3.81. The molecule has 0 fully saturated rings. The van der Waals surface area contributed by atoms with Gasteiger partial charge >= 0.3 is 0 Å². The van der Waals surface area contributed by atoms with Crippen LogP contribution in [0.1, 0.15) is 46.1 Å². The Morgan fingerprint density at radius 1 is 1.13 bits per heavy atom. The summed E-state index contributed by atoms with van der Waals surface area (Å²) in [4.78, 5) is 12.7. The van der Waals surface area contributed by atoms with Gasteiger partial charge in [-0.05, 0) is 49.1 Å². The van der Waals surface area contributed by atoms with E-state index in [4.69, 9.17) is 0 Å². The summed E-state index contributed by atoms with van der Waals surface area (Å²) in [5.74, 6) is -0.186. The largest absolute Gasteiger partial charge is 0.345 e. The number of rotatable bonds is 6. The first-order chi connectivity index (χ1) is 14.4. The van der Waals surface area contributed by atoms with Crippen molar-refractivity contribution in [2.45, 2.75) is 31.8 Å². The molecule has 1 amide bonds. The summed E-state index contributed by atoms with van der Waals surface area (Å²) in [6, 6.07) is 16.5. The fourth-order valence-corrected chi connectivity index (χ4v) is 4.37. The second-order valence-electron chi connectivity index (χ2n) is 7.56. The molecular formula is C22H24N4O3S. The van der Waals surface area contributed by atoms with Gasteiger partial charge in [0.05, 0.1) is 25.0 Å². The standard InChI is InChI=1S/C22H24N4O3S/c1-30(28,29)25-18-12-10-17(11-13-18)22(27)24-20-8-5-9-21-19(20)14-23-26(21)15-16-6-3-2-4-7-16/h2-4,6-7,10-14,20,25H,5,8-9,15H2,1H3,(H,24,27)/t20-/m0/s1.